The molecule has 1 N–H and O–H groups in total. The van der Waals surface area contributed by atoms with Gasteiger partial charge in [-0.15, -0.1) is 11.3 Å². The summed E-state index contributed by atoms with van der Waals surface area (Å²) < 4.78 is 14.1. The molecule has 0 aliphatic rings. The van der Waals surface area contributed by atoms with Crippen LogP contribution in [-0.4, -0.2) is 10.8 Å². The van der Waals surface area contributed by atoms with Gasteiger partial charge in [-0.3, -0.25) is 14.9 Å². The van der Waals surface area contributed by atoms with Crippen LogP contribution in [0.25, 0.3) is 0 Å². The highest BCUT2D eigenvalue weighted by Crippen LogP contribution is 2.26. The largest absolute Gasteiger partial charge is 0.319 e. The highest BCUT2D eigenvalue weighted by Gasteiger charge is 2.16. The maximum atomic E-state index is 13.5. The minimum Gasteiger partial charge on any atom is -0.319 e. The van der Waals surface area contributed by atoms with Crippen molar-refractivity contribution in [2.45, 2.75) is 0 Å². The zero-order valence-electron chi connectivity index (χ0n) is 9.22. The van der Waals surface area contributed by atoms with Crippen molar-refractivity contribution >= 4 is 44.5 Å². The number of carbonyl (C=O) groups is 1. The summed E-state index contributed by atoms with van der Waals surface area (Å²) in [4.78, 5) is 22.2. The molecule has 0 aliphatic carbocycles. The molecule has 1 amide bonds. The van der Waals surface area contributed by atoms with Crippen LogP contribution in [0.4, 0.5) is 15.8 Å². The van der Waals surface area contributed by atoms with Crippen molar-refractivity contribution in [2.24, 2.45) is 0 Å². The Balaban J connectivity index is 2.28. The molecule has 1 aromatic heterocycles. The van der Waals surface area contributed by atoms with E-state index in [9.17, 15) is 19.3 Å². The third-order valence-electron chi connectivity index (χ3n) is 2.23. The highest BCUT2D eigenvalue weighted by atomic mass is 79.9. The van der Waals surface area contributed by atoms with E-state index >= 15 is 0 Å². The monoisotopic (exact) mass is 344 g/mol. The molecule has 0 radical (unpaired) electrons. The Bertz CT molecular complexity index is 659. The lowest BCUT2D eigenvalue weighted by molar-refractivity contribution is -0.384. The van der Waals surface area contributed by atoms with E-state index < -0.39 is 16.6 Å². The molecule has 0 aliphatic heterocycles. The Morgan fingerprint density at radius 2 is 2.16 bits per heavy atom. The van der Waals surface area contributed by atoms with E-state index in [0.29, 0.717) is 9.35 Å². The smallest absolute Gasteiger partial charge is 0.271 e. The van der Waals surface area contributed by atoms with Crippen molar-refractivity contribution in [2.75, 3.05) is 5.32 Å². The highest BCUT2D eigenvalue weighted by molar-refractivity contribution is 9.10. The first-order valence-corrected chi connectivity index (χ1v) is 6.64. The molecule has 0 spiro atoms. The average Bonchev–Trinajstić information content (AvgIpc) is 2.78. The summed E-state index contributed by atoms with van der Waals surface area (Å²) in [5, 5.41) is 14.6. The third kappa shape index (κ3) is 2.96. The number of anilines is 1. The molecule has 0 atom stereocenters. The fourth-order valence-corrected chi connectivity index (χ4v) is 2.80. The Kier molecular flexibility index (Phi) is 3.91. The van der Waals surface area contributed by atoms with E-state index in [-0.39, 0.29) is 11.4 Å². The minimum absolute atomic E-state index is 0.223. The van der Waals surface area contributed by atoms with E-state index in [4.69, 9.17) is 0 Å². The first-order valence-electron chi connectivity index (χ1n) is 4.97. The molecule has 5 nitrogen and oxygen atoms in total. The first kappa shape index (κ1) is 13.6. The third-order valence-corrected chi connectivity index (χ3v) is 4.07. The van der Waals surface area contributed by atoms with Crippen LogP contribution >= 0.6 is 27.3 Å². The van der Waals surface area contributed by atoms with Crippen LogP contribution < -0.4 is 5.32 Å². The second-order valence-electron chi connectivity index (χ2n) is 3.47. The molecule has 8 heteroatoms. The van der Waals surface area contributed by atoms with Crippen LogP contribution in [0.2, 0.25) is 0 Å². The minimum atomic E-state index is -0.730. The zero-order chi connectivity index (χ0) is 14.0. The SMILES string of the molecule is O=C(Nc1cc([N+](=O)[O-])ccc1F)c1sccc1Br. The molecule has 0 unspecified atom stereocenters. The number of non-ortho nitro benzene ring substituents is 1. The number of benzene rings is 1. The van der Waals surface area contributed by atoms with Gasteiger partial charge in [0.15, 0.2) is 0 Å². The summed E-state index contributed by atoms with van der Waals surface area (Å²) in [5.41, 5.74) is -0.513. The molecular weight excluding hydrogens is 339 g/mol. The van der Waals surface area contributed by atoms with Crippen molar-refractivity contribution in [3.05, 3.63) is 54.9 Å². The number of nitro groups is 1. The van der Waals surface area contributed by atoms with Gasteiger partial charge < -0.3 is 5.32 Å². The number of halogens is 2. The predicted octanol–water partition coefficient (Wildman–Crippen LogP) is 3.81. The molecule has 0 fully saturated rings. The van der Waals surface area contributed by atoms with Crippen LogP contribution in [0.3, 0.4) is 0 Å². The number of rotatable bonds is 3. The topological polar surface area (TPSA) is 72.2 Å². The van der Waals surface area contributed by atoms with E-state index in [1.807, 2.05) is 0 Å². The Hall–Kier alpha value is -1.80. The van der Waals surface area contributed by atoms with Gasteiger partial charge in [-0.05, 0) is 33.4 Å². The van der Waals surface area contributed by atoms with Crippen molar-refractivity contribution in [3.8, 4) is 0 Å². The zero-order valence-corrected chi connectivity index (χ0v) is 11.6. The molecule has 0 bridgehead atoms. The van der Waals surface area contributed by atoms with Gasteiger partial charge in [-0.1, -0.05) is 0 Å². The quantitative estimate of drug-likeness (QED) is 0.679. The number of hydrogen-bond acceptors (Lipinski definition) is 4. The van der Waals surface area contributed by atoms with Crippen LogP contribution in [0, 0.1) is 15.9 Å². The lowest BCUT2D eigenvalue weighted by Crippen LogP contribution is -2.12. The summed E-state index contributed by atoms with van der Waals surface area (Å²) in [6, 6.07) is 4.64. The fraction of sp³-hybridized carbons (Fsp3) is 0. The van der Waals surface area contributed by atoms with Gasteiger partial charge in [0.25, 0.3) is 11.6 Å². The van der Waals surface area contributed by atoms with Gasteiger partial charge >= 0.3 is 0 Å². The number of carbonyl (C=O) groups excluding carboxylic acids is 1. The van der Waals surface area contributed by atoms with E-state index in [1.165, 1.54) is 11.3 Å². The van der Waals surface area contributed by atoms with Gasteiger partial charge in [-0.25, -0.2) is 4.39 Å². The summed E-state index contributed by atoms with van der Waals surface area (Å²) in [6.07, 6.45) is 0. The fourth-order valence-electron chi connectivity index (χ4n) is 1.36. The predicted molar refractivity (Wildman–Crippen MR) is 73.0 cm³/mol. The second-order valence-corrected chi connectivity index (χ2v) is 5.24. The molecule has 2 rings (SSSR count). The second kappa shape index (κ2) is 5.45. The van der Waals surface area contributed by atoms with Crippen molar-refractivity contribution in [3.63, 3.8) is 0 Å². The lowest BCUT2D eigenvalue weighted by Gasteiger charge is -2.05. The molecule has 2 aromatic rings. The van der Waals surface area contributed by atoms with Gasteiger partial charge in [0, 0.05) is 16.6 Å². The summed E-state index contributed by atoms with van der Waals surface area (Å²) in [5.74, 6) is -1.26. The normalized spacial score (nSPS) is 10.2. The molecular formula is C11H6BrFN2O3S. The molecule has 19 heavy (non-hydrogen) atoms. The molecule has 0 saturated carbocycles. The Morgan fingerprint density at radius 1 is 1.42 bits per heavy atom. The number of nitrogens with zero attached hydrogens (tertiary/aromatic N) is 1. The molecule has 1 aromatic carbocycles. The van der Waals surface area contributed by atoms with Gasteiger partial charge in [-0.2, -0.15) is 0 Å². The Labute approximate surface area is 119 Å². The van der Waals surface area contributed by atoms with E-state index in [2.05, 4.69) is 21.2 Å². The van der Waals surface area contributed by atoms with Gasteiger partial charge in [0.1, 0.15) is 10.7 Å². The summed E-state index contributed by atoms with van der Waals surface area (Å²) >= 11 is 4.36. The number of nitro benzene ring substituents is 1. The lowest BCUT2D eigenvalue weighted by atomic mass is 10.2. The van der Waals surface area contributed by atoms with Crippen LogP contribution in [-0.2, 0) is 0 Å². The van der Waals surface area contributed by atoms with Gasteiger partial charge in [0.05, 0.1) is 10.6 Å². The van der Waals surface area contributed by atoms with E-state index in [1.54, 1.807) is 11.4 Å². The van der Waals surface area contributed by atoms with Crippen LogP contribution in [0.15, 0.2) is 34.1 Å². The first-order chi connectivity index (χ1) is 8.99. The maximum Gasteiger partial charge on any atom is 0.271 e. The molecule has 0 saturated heterocycles. The maximum absolute atomic E-state index is 13.5. The van der Waals surface area contributed by atoms with Gasteiger partial charge in [0.2, 0.25) is 0 Å². The van der Waals surface area contributed by atoms with E-state index in [0.717, 1.165) is 18.2 Å². The Morgan fingerprint density at radius 3 is 2.74 bits per heavy atom. The van der Waals surface area contributed by atoms with Crippen molar-refractivity contribution < 1.29 is 14.1 Å². The molecule has 1 heterocycles. The standard InChI is InChI=1S/C11H6BrFN2O3S/c12-7-3-4-19-10(7)11(16)14-9-5-6(15(17)18)1-2-8(9)13/h1-5H,(H,14,16). The number of hydrogen-bond donors (Lipinski definition) is 1. The van der Waals surface area contributed by atoms with Crippen LogP contribution in [0.5, 0.6) is 0 Å². The summed E-state index contributed by atoms with van der Waals surface area (Å²) in [7, 11) is 0. The van der Waals surface area contributed by atoms with Crippen molar-refractivity contribution in [1.82, 2.24) is 0 Å². The molecule has 98 valence electrons. The number of nitrogens with one attached hydrogen (secondary N) is 1. The van der Waals surface area contributed by atoms with Crippen LogP contribution in [0.1, 0.15) is 9.67 Å². The average molecular weight is 345 g/mol. The summed E-state index contributed by atoms with van der Waals surface area (Å²) in [6.45, 7) is 0. The van der Waals surface area contributed by atoms with Crippen molar-refractivity contribution in [1.29, 1.82) is 0 Å². The number of thiophene rings is 1. The number of amides is 1.